The SMILES string of the molecule is Cn1ncc(-c2ccn[nH]2)cnc(C2CCCNC2)cc1N(SS)SS. The number of anilines is 1. The molecule has 11 heteroatoms. The summed E-state index contributed by atoms with van der Waals surface area (Å²) >= 11 is 8.67. The Morgan fingerprint density at radius 1 is 1.31 bits per heavy atom. The van der Waals surface area contributed by atoms with Crippen LogP contribution in [0.4, 0.5) is 5.82 Å². The Hall–Kier alpha value is -1.01. The molecule has 1 fully saturated rings. The van der Waals surface area contributed by atoms with Gasteiger partial charge >= 0.3 is 0 Å². The van der Waals surface area contributed by atoms with Crippen LogP contribution in [0.25, 0.3) is 11.3 Å². The zero-order valence-electron chi connectivity index (χ0n) is 14.2. The number of hydrogen-bond acceptors (Lipinski definition) is 9. The Bertz CT molecular complexity index is 753. The monoisotopic (exact) mass is 427 g/mol. The van der Waals surface area contributed by atoms with E-state index in [9.17, 15) is 0 Å². The van der Waals surface area contributed by atoms with Crippen molar-refractivity contribution in [1.29, 1.82) is 0 Å². The second-order valence-corrected chi connectivity index (χ2v) is 8.11. The van der Waals surface area contributed by atoms with Crippen LogP contribution in [0.2, 0.25) is 0 Å². The molecule has 7 nitrogen and oxygen atoms in total. The van der Waals surface area contributed by atoms with Crippen molar-refractivity contribution in [2.24, 2.45) is 7.05 Å². The first-order chi connectivity index (χ1) is 12.7. The van der Waals surface area contributed by atoms with Crippen molar-refractivity contribution in [3.05, 3.63) is 36.4 Å². The molecule has 0 aromatic carbocycles. The Balaban J connectivity index is 2.16. The van der Waals surface area contributed by atoms with Gasteiger partial charge in [-0.3, -0.25) is 14.8 Å². The molecule has 1 saturated heterocycles. The molecule has 2 N–H and O–H groups in total. The molecule has 2 aromatic heterocycles. The third-order valence-electron chi connectivity index (χ3n) is 4.19. The van der Waals surface area contributed by atoms with E-state index in [2.05, 4.69) is 50.0 Å². The summed E-state index contributed by atoms with van der Waals surface area (Å²) in [4.78, 5) is 4.82. The van der Waals surface area contributed by atoms with Gasteiger partial charge in [0.1, 0.15) is 5.82 Å². The predicted molar refractivity (Wildman–Crippen MR) is 117 cm³/mol. The summed E-state index contributed by atoms with van der Waals surface area (Å²) in [6.07, 6.45) is 7.59. The lowest BCUT2D eigenvalue weighted by Crippen LogP contribution is -2.28. The topological polar surface area (TPSA) is 74.7 Å². The van der Waals surface area contributed by atoms with Crippen LogP contribution in [-0.2, 0) is 7.05 Å². The first-order valence-corrected chi connectivity index (χ1v) is 11.8. The van der Waals surface area contributed by atoms with Crippen molar-refractivity contribution in [3.63, 3.8) is 0 Å². The lowest BCUT2D eigenvalue weighted by Gasteiger charge is -2.23. The number of aromatic amines is 1. The molecule has 0 bridgehead atoms. The second-order valence-electron chi connectivity index (χ2n) is 5.84. The van der Waals surface area contributed by atoms with Crippen molar-refractivity contribution >= 4 is 51.1 Å². The average molecular weight is 428 g/mol. The molecule has 1 unspecified atom stereocenters. The number of aromatic nitrogens is 5. The number of piperidine rings is 1. The summed E-state index contributed by atoms with van der Waals surface area (Å²) in [7, 11) is 4.45. The van der Waals surface area contributed by atoms with Gasteiger partial charge in [-0.2, -0.15) is 10.2 Å². The molecule has 2 aromatic rings. The standard InChI is InChI=1S/C15H21N7S4/c1-21-15(22(25-23)26-24)7-14(11-3-2-5-16-8-11)17-9-12(10-19-21)13-4-6-18-20-13/h4,6-7,9-11,16,23-24H,2-3,5,8H2,1H3,(H,18,20). The van der Waals surface area contributed by atoms with E-state index < -0.39 is 0 Å². The van der Waals surface area contributed by atoms with Crippen LogP contribution in [0.3, 0.4) is 0 Å². The highest BCUT2D eigenvalue weighted by Gasteiger charge is 2.18. The van der Waals surface area contributed by atoms with E-state index in [-0.39, 0.29) is 0 Å². The maximum atomic E-state index is 4.82. The predicted octanol–water partition coefficient (Wildman–Crippen LogP) is 3.59. The van der Waals surface area contributed by atoms with Crippen molar-refractivity contribution in [1.82, 2.24) is 30.3 Å². The van der Waals surface area contributed by atoms with Crippen LogP contribution in [0.15, 0.2) is 30.7 Å². The number of nitrogens with zero attached hydrogens (tertiary/aromatic N) is 5. The smallest absolute Gasteiger partial charge is 0.148 e. The van der Waals surface area contributed by atoms with Gasteiger partial charge in [-0.05, 0) is 25.5 Å². The molecule has 1 aliphatic rings. The third-order valence-corrected chi connectivity index (χ3v) is 6.95. The number of aryl methyl sites for hydroxylation is 1. The molecule has 0 spiro atoms. The highest BCUT2D eigenvalue weighted by Crippen LogP contribution is 2.34. The number of thiol groups is 2. The first kappa shape index (κ1) is 19.7. The Labute approximate surface area is 171 Å². The van der Waals surface area contributed by atoms with Crippen molar-refractivity contribution < 1.29 is 0 Å². The highest BCUT2D eigenvalue weighted by molar-refractivity contribution is 8.78. The molecule has 0 saturated carbocycles. The van der Waals surface area contributed by atoms with Gasteiger partial charge in [0.2, 0.25) is 0 Å². The fourth-order valence-electron chi connectivity index (χ4n) is 2.80. The molecule has 0 radical (unpaired) electrons. The van der Waals surface area contributed by atoms with Crippen molar-refractivity contribution in [2.45, 2.75) is 18.8 Å². The van der Waals surface area contributed by atoms with Crippen molar-refractivity contribution in [2.75, 3.05) is 16.8 Å². The Morgan fingerprint density at radius 2 is 2.15 bits per heavy atom. The Morgan fingerprint density at radius 3 is 2.81 bits per heavy atom. The average Bonchev–Trinajstić information content (AvgIpc) is 3.22. The largest absolute Gasteiger partial charge is 0.316 e. The summed E-state index contributed by atoms with van der Waals surface area (Å²) in [5.74, 6) is 1.20. The van der Waals surface area contributed by atoms with Gasteiger partial charge in [-0.1, -0.05) is 23.3 Å². The normalized spacial score (nSPS) is 17.0. The molecular weight excluding hydrogens is 406 g/mol. The molecule has 0 amide bonds. The minimum absolute atomic E-state index is 0.348. The van der Waals surface area contributed by atoms with Crippen LogP contribution >= 0.6 is 45.3 Å². The lowest BCUT2D eigenvalue weighted by atomic mass is 9.96. The zero-order valence-corrected chi connectivity index (χ0v) is 17.7. The molecule has 0 aliphatic carbocycles. The number of rotatable bonds is 5. The lowest BCUT2D eigenvalue weighted by molar-refractivity contribution is 0.455. The van der Waals surface area contributed by atoms with Crippen molar-refractivity contribution in [3.8, 4) is 11.3 Å². The molecule has 3 heterocycles. The molecule has 140 valence electrons. The van der Waals surface area contributed by atoms with Crippen LogP contribution in [0, 0.1) is 0 Å². The zero-order chi connectivity index (χ0) is 18.4. The van der Waals surface area contributed by atoms with E-state index in [4.69, 9.17) is 4.98 Å². The van der Waals surface area contributed by atoms with Crippen LogP contribution in [0.5, 0.6) is 0 Å². The second kappa shape index (κ2) is 9.79. The summed E-state index contributed by atoms with van der Waals surface area (Å²) in [5.41, 5.74) is 2.75. The molecule has 1 atom stereocenters. The number of H-pyrrole nitrogens is 1. The molecular formula is C15H21N7S4. The number of nitrogens with one attached hydrogen (secondary N) is 2. The summed E-state index contributed by atoms with van der Waals surface area (Å²) in [5, 5.41) is 15.0. The molecule has 26 heavy (non-hydrogen) atoms. The summed E-state index contributed by atoms with van der Waals surface area (Å²) < 4.78 is 3.67. The Kier molecular flexibility index (Phi) is 7.43. The van der Waals surface area contributed by atoms with Gasteiger partial charge in [-0.25, -0.2) is 3.71 Å². The van der Waals surface area contributed by atoms with Gasteiger partial charge < -0.3 is 5.32 Å². The van der Waals surface area contributed by atoms with Crippen LogP contribution in [-0.4, -0.2) is 38.1 Å². The van der Waals surface area contributed by atoms with E-state index in [0.717, 1.165) is 48.7 Å². The van der Waals surface area contributed by atoms with Crippen LogP contribution < -0.4 is 9.03 Å². The fourth-order valence-corrected chi connectivity index (χ4v) is 5.00. The minimum Gasteiger partial charge on any atom is -0.316 e. The van der Waals surface area contributed by atoms with E-state index in [1.165, 1.54) is 22.0 Å². The fraction of sp³-hybridized carbons (Fsp3) is 0.400. The van der Waals surface area contributed by atoms with Gasteiger partial charge in [0.05, 0.1) is 11.9 Å². The van der Waals surface area contributed by atoms with E-state index >= 15 is 0 Å². The quantitative estimate of drug-likeness (QED) is 0.330. The maximum absolute atomic E-state index is 4.82. The van der Waals surface area contributed by atoms with Gasteiger partial charge in [0, 0.05) is 71.2 Å². The highest BCUT2D eigenvalue weighted by atomic mass is 33.1. The summed E-state index contributed by atoms with van der Waals surface area (Å²) in [6.45, 7) is 1.98. The van der Waals surface area contributed by atoms with Crippen LogP contribution in [0.1, 0.15) is 24.5 Å². The van der Waals surface area contributed by atoms with E-state index in [0.29, 0.717) is 5.92 Å². The van der Waals surface area contributed by atoms with E-state index in [1.807, 2.05) is 23.0 Å². The van der Waals surface area contributed by atoms with Gasteiger partial charge in [-0.15, -0.1) is 0 Å². The summed E-state index contributed by atoms with van der Waals surface area (Å²) in [6, 6.07) is 3.97. The number of hydrogen-bond donors (Lipinski definition) is 4. The first-order valence-electron chi connectivity index (χ1n) is 8.14. The van der Waals surface area contributed by atoms with Gasteiger partial charge in [0.15, 0.2) is 0 Å². The third kappa shape index (κ3) is 4.83. The molecule has 3 rings (SSSR count). The maximum Gasteiger partial charge on any atom is 0.148 e. The minimum atomic E-state index is 0.348. The van der Waals surface area contributed by atoms with Gasteiger partial charge in [0.25, 0.3) is 0 Å². The van der Waals surface area contributed by atoms with E-state index in [1.54, 1.807) is 17.1 Å². The molecule has 1 aliphatic heterocycles.